The van der Waals surface area contributed by atoms with Crippen molar-refractivity contribution in [2.75, 3.05) is 6.26 Å². The van der Waals surface area contributed by atoms with Crippen molar-refractivity contribution in [1.29, 1.82) is 0 Å². The number of para-hydroxylation sites is 2. The summed E-state index contributed by atoms with van der Waals surface area (Å²) >= 11 is 3.53. The van der Waals surface area contributed by atoms with Gasteiger partial charge in [0.25, 0.3) is 0 Å². The average molecular weight is 455 g/mol. The van der Waals surface area contributed by atoms with E-state index in [9.17, 15) is 0 Å². The summed E-state index contributed by atoms with van der Waals surface area (Å²) < 4.78 is 0. The highest BCUT2D eigenvalue weighted by atomic mass is 32.1. The van der Waals surface area contributed by atoms with Crippen molar-refractivity contribution in [3.63, 3.8) is 0 Å². The van der Waals surface area contributed by atoms with E-state index >= 15 is 0 Å². The highest BCUT2D eigenvalue weighted by Gasteiger charge is 1.98. The van der Waals surface area contributed by atoms with Gasteiger partial charge in [0, 0.05) is 0 Å². The molecule has 0 spiro atoms. The van der Waals surface area contributed by atoms with Gasteiger partial charge >= 0.3 is 0 Å². The number of hydrogen-bond acceptors (Lipinski definition) is 3. The molecule has 1 aromatic heterocycles. The summed E-state index contributed by atoms with van der Waals surface area (Å²) in [5, 5.41) is 0. The molecule has 0 amide bonds. The fourth-order valence-electron chi connectivity index (χ4n) is 2.21. The summed E-state index contributed by atoms with van der Waals surface area (Å²) in [5.74, 6) is 0. The first-order valence-corrected chi connectivity index (χ1v) is 12.2. The number of fused-ring (bicyclic) bond motifs is 1. The zero-order valence-electron chi connectivity index (χ0n) is 22.3. The summed E-state index contributed by atoms with van der Waals surface area (Å²) in [6, 6.07) is 14.3. The molecule has 0 saturated carbocycles. The molecule has 3 heteroatoms. The Morgan fingerprint density at radius 3 is 1.31 bits per heavy atom. The Balaban J connectivity index is -0.000000374. The minimum atomic E-state index is 0.973. The van der Waals surface area contributed by atoms with E-state index in [2.05, 4.69) is 68.1 Å². The van der Waals surface area contributed by atoms with Crippen molar-refractivity contribution in [1.82, 2.24) is 9.97 Å². The maximum Gasteiger partial charge on any atom is 0.0890 e. The number of thiol groups is 1. The van der Waals surface area contributed by atoms with Gasteiger partial charge in [0.15, 0.2) is 0 Å². The molecular weight excluding hydrogens is 408 g/mol. The van der Waals surface area contributed by atoms with Crippen LogP contribution in [0.5, 0.6) is 0 Å². The van der Waals surface area contributed by atoms with Gasteiger partial charge in [-0.3, -0.25) is 0 Å². The Hall–Kier alpha value is -2.39. The molecule has 178 valence electrons. The summed E-state index contributed by atoms with van der Waals surface area (Å²) in [4.78, 5) is 8.83. The van der Waals surface area contributed by atoms with Crippen LogP contribution < -0.4 is 0 Å². The van der Waals surface area contributed by atoms with E-state index in [1.54, 1.807) is 12.3 Å². The van der Waals surface area contributed by atoms with Crippen LogP contribution in [-0.4, -0.2) is 16.2 Å². The second kappa shape index (κ2) is 23.3. The van der Waals surface area contributed by atoms with Crippen LogP contribution in [0.1, 0.15) is 62.7 Å². The van der Waals surface area contributed by atoms with Gasteiger partial charge in [-0.25, -0.2) is 9.97 Å². The Morgan fingerprint density at radius 2 is 1.06 bits per heavy atom. The third-order valence-corrected chi connectivity index (χ3v) is 4.19. The molecular formula is C29H46N2S. The molecule has 0 N–H and O–H groups in total. The maximum absolute atomic E-state index is 4.41. The largest absolute Gasteiger partial charge is 0.250 e. The van der Waals surface area contributed by atoms with Gasteiger partial charge in [-0.1, -0.05) is 82.8 Å². The van der Waals surface area contributed by atoms with Gasteiger partial charge in [-0.15, -0.1) is 0 Å². The van der Waals surface area contributed by atoms with Crippen molar-refractivity contribution in [2.45, 2.75) is 69.2 Å². The lowest BCUT2D eigenvalue weighted by Gasteiger charge is -2.00. The average Bonchev–Trinajstić information content (AvgIpc) is 2.83. The molecule has 32 heavy (non-hydrogen) atoms. The Kier molecular flexibility index (Phi) is 24.9. The van der Waals surface area contributed by atoms with E-state index in [-0.39, 0.29) is 0 Å². The lowest BCUT2D eigenvalue weighted by Crippen LogP contribution is -1.92. The summed E-state index contributed by atoms with van der Waals surface area (Å²) in [5.41, 5.74) is 8.14. The number of benzene rings is 2. The summed E-state index contributed by atoms with van der Waals surface area (Å²) in [6.07, 6.45) is 7.27. The van der Waals surface area contributed by atoms with Crippen LogP contribution in [0.4, 0.5) is 0 Å². The number of hydrogen-bond donors (Lipinski definition) is 1. The molecule has 0 saturated heterocycles. The molecule has 0 aliphatic heterocycles. The van der Waals surface area contributed by atoms with Gasteiger partial charge in [0.2, 0.25) is 0 Å². The van der Waals surface area contributed by atoms with Crippen LogP contribution in [-0.2, 0) is 0 Å². The molecule has 0 unspecified atom stereocenters. The fraction of sp³-hybridized carbons (Fsp3) is 0.379. The van der Waals surface area contributed by atoms with Gasteiger partial charge in [-0.2, -0.15) is 12.6 Å². The molecule has 0 atom stereocenters. The smallest absolute Gasteiger partial charge is 0.0890 e. The molecule has 1 heterocycles. The van der Waals surface area contributed by atoms with Gasteiger partial charge in [-0.05, 0) is 76.6 Å². The zero-order valence-corrected chi connectivity index (χ0v) is 23.2. The number of nitrogens with zero attached hydrogens (tertiary/aromatic N) is 2. The van der Waals surface area contributed by atoms with Crippen LogP contribution in [0, 0.1) is 34.6 Å². The molecule has 3 rings (SSSR count). The Labute approximate surface area is 204 Å². The number of rotatable bonds is 1. The number of allylic oxidation sites excluding steroid dienone is 3. The predicted octanol–water partition coefficient (Wildman–Crippen LogP) is 9.21. The lowest BCUT2D eigenvalue weighted by atomic mass is 10.1. The Morgan fingerprint density at radius 1 is 0.688 bits per heavy atom. The first kappa shape index (κ1) is 34.2. The van der Waals surface area contributed by atoms with Crippen molar-refractivity contribution in [2.24, 2.45) is 0 Å². The topological polar surface area (TPSA) is 25.8 Å². The van der Waals surface area contributed by atoms with E-state index in [1.165, 1.54) is 16.7 Å². The van der Waals surface area contributed by atoms with Crippen LogP contribution in [0.15, 0.2) is 67.3 Å². The third kappa shape index (κ3) is 14.6. The highest BCUT2D eigenvalue weighted by molar-refractivity contribution is 7.79. The van der Waals surface area contributed by atoms with Gasteiger partial charge in [0.1, 0.15) is 0 Å². The van der Waals surface area contributed by atoms with Crippen LogP contribution >= 0.6 is 12.6 Å². The standard InChI is InChI=1S/C10H10N2.C9H12.C5H8.2C2H6.CH4S/c1-7-8(2)12-10-6-4-3-5-9(10)11-7;1-7-5-4-6-8(2)9(7)3;1-3-5-4-2;3*1-2/h3-6H,1-2H3;4-6H,1-3H3;3-5H,1H2,2H3;2*1-2H3;2H,1H3/b;;5-4-;;;. The van der Waals surface area contributed by atoms with Crippen LogP contribution in [0.3, 0.4) is 0 Å². The third-order valence-electron chi connectivity index (χ3n) is 4.19. The van der Waals surface area contributed by atoms with Gasteiger partial charge in [0.05, 0.1) is 22.4 Å². The van der Waals surface area contributed by atoms with E-state index in [4.69, 9.17) is 0 Å². The number of aromatic nitrogens is 2. The van der Waals surface area contributed by atoms with Crippen molar-refractivity contribution in [3.8, 4) is 0 Å². The van der Waals surface area contributed by atoms with Crippen molar-refractivity contribution in [3.05, 3.63) is 95.3 Å². The quantitative estimate of drug-likeness (QED) is 0.293. The molecule has 0 radical (unpaired) electrons. The second-order valence-corrected chi connectivity index (χ2v) is 6.16. The molecule has 0 fully saturated rings. The monoisotopic (exact) mass is 454 g/mol. The highest BCUT2D eigenvalue weighted by Crippen LogP contribution is 2.11. The van der Waals surface area contributed by atoms with Gasteiger partial charge < -0.3 is 0 Å². The van der Waals surface area contributed by atoms with Crippen LogP contribution in [0.2, 0.25) is 0 Å². The first-order valence-electron chi connectivity index (χ1n) is 11.3. The lowest BCUT2D eigenvalue weighted by molar-refractivity contribution is 1.10. The van der Waals surface area contributed by atoms with E-state index in [0.717, 1.165) is 22.4 Å². The fourth-order valence-corrected chi connectivity index (χ4v) is 2.21. The molecule has 0 aliphatic rings. The SMILES string of the molecule is C=C/C=C\C.CC.CC.CS.Cc1cccc(C)c1C.Cc1nc2ccccc2nc1C. The van der Waals surface area contributed by atoms with E-state index in [1.807, 2.05) is 84.9 Å². The molecule has 2 aromatic carbocycles. The predicted molar refractivity (Wildman–Crippen MR) is 152 cm³/mol. The minimum Gasteiger partial charge on any atom is -0.250 e. The van der Waals surface area contributed by atoms with Crippen LogP contribution in [0.25, 0.3) is 11.0 Å². The van der Waals surface area contributed by atoms with Crippen molar-refractivity contribution >= 4 is 23.7 Å². The first-order chi connectivity index (χ1) is 15.4. The van der Waals surface area contributed by atoms with E-state index in [0.29, 0.717) is 0 Å². The maximum atomic E-state index is 4.41. The molecule has 3 aromatic rings. The zero-order chi connectivity index (χ0) is 25.5. The van der Waals surface area contributed by atoms with E-state index < -0.39 is 0 Å². The second-order valence-electron chi connectivity index (χ2n) is 6.16. The molecule has 0 aliphatic carbocycles. The van der Waals surface area contributed by atoms with Crippen molar-refractivity contribution < 1.29 is 0 Å². The normalized spacial score (nSPS) is 8.62. The molecule has 2 nitrogen and oxygen atoms in total. The minimum absolute atomic E-state index is 0.973. The Bertz CT molecular complexity index is 823. The molecule has 0 bridgehead atoms. The summed E-state index contributed by atoms with van der Waals surface area (Å²) in [6.45, 7) is 23.8. The number of aryl methyl sites for hydroxylation is 4. The summed E-state index contributed by atoms with van der Waals surface area (Å²) in [7, 11) is 0.